The monoisotopic (exact) mass is 326 g/mol. The fourth-order valence-electron chi connectivity index (χ4n) is 3.14. The standard InChI is InChI=1S/C19H23N3S/c1-15-7-6-10-17(13-15)20-19(23)22-12-11-21(2)14-18(22)16-8-4-3-5-9-16/h3-10,13,18H,11-12,14H2,1-2H3,(H,20,23)/p+1/t18-/m0/s1. The Hall–Kier alpha value is -1.91. The second-order valence-electron chi connectivity index (χ2n) is 6.33. The minimum atomic E-state index is 0.328. The van der Waals surface area contributed by atoms with E-state index in [-0.39, 0.29) is 0 Å². The van der Waals surface area contributed by atoms with E-state index >= 15 is 0 Å². The van der Waals surface area contributed by atoms with Crippen LogP contribution >= 0.6 is 12.2 Å². The van der Waals surface area contributed by atoms with Crippen LogP contribution in [0.1, 0.15) is 17.2 Å². The van der Waals surface area contributed by atoms with Crippen LogP contribution in [-0.2, 0) is 0 Å². The molecule has 0 radical (unpaired) electrons. The van der Waals surface area contributed by atoms with Crippen LogP contribution in [0.15, 0.2) is 54.6 Å². The van der Waals surface area contributed by atoms with Crippen molar-refractivity contribution in [2.24, 2.45) is 0 Å². The van der Waals surface area contributed by atoms with Crippen molar-refractivity contribution >= 4 is 23.0 Å². The summed E-state index contributed by atoms with van der Waals surface area (Å²) >= 11 is 5.72. The van der Waals surface area contributed by atoms with Crippen LogP contribution < -0.4 is 10.2 Å². The number of hydrogen-bond acceptors (Lipinski definition) is 1. The number of benzene rings is 2. The molecule has 0 aliphatic carbocycles. The van der Waals surface area contributed by atoms with Gasteiger partial charge in [-0.25, -0.2) is 0 Å². The smallest absolute Gasteiger partial charge is 0.174 e. The van der Waals surface area contributed by atoms with E-state index in [0.29, 0.717) is 6.04 Å². The summed E-state index contributed by atoms with van der Waals surface area (Å²) in [6.07, 6.45) is 0. The van der Waals surface area contributed by atoms with E-state index in [2.05, 4.69) is 78.8 Å². The normalized spacial score (nSPS) is 21.0. The van der Waals surface area contributed by atoms with Gasteiger partial charge in [-0.2, -0.15) is 0 Å². The Morgan fingerprint density at radius 3 is 2.70 bits per heavy atom. The molecule has 3 nitrogen and oxygen atoms in total. The summed E-state index contributed by atoms with van der Waals surface area (Å²) in [6, 6.07) is 19.4. The maximum absolute atomic E-state index is 5.72. The van der Waals surface area contributed by atoms with Gasteiger partial charge in [-0.05, 0) is 42.4 Å². The molecule has 1 fully saturated rings. The molecule has 1 unspecified atom stereocenters. The third kappa shape index (κ3) is 3.89. The Labute approximate surface area is 143 Å². The lowest BCUT2D eigenvalue weighted by Crippen LogP contribution is -3.12. The SMILES string of the molecule is Cc1cccc(NC(=S)N2CC[NH+](C)C[C@H]2c2ccccc2)c1. The average molecular weight is 326 g/mol. The maximum atomic E-state index is 5.72. The molecule has 1 aliphatic rings. The predicted molar refractivity (Wildman–Crippen MR) is 99.9 cm³/mol. The summed E-state index contributed by atoms with van der Waals surface area (Å²) in [4.78, 5) is 3.88. The molecule has 2 N–H and O–H groups in total. The molecule has 0 spiro atoms. The van der Waals surface area contributed by atoms with Crippen molar-refractivity contribution in [2.45, 2.75) is 13.0 Å². The highest BCUT2D eigenvalue weighted by atomic mass is 32.1. The summed E-state index contributed by atoms with van der Waals surface area (Å²) in [5, 5.41) is 4.23. The first-order valence-corrected chi connectivity index (χ1v) is 8.55. The van der Waals surface area contributed by atoms with E-state index in [1.54, 1.807) is 4.90 Å². The Kier molecular flexibility index (Phi) is 4.94. The van der Waals surface area contributed by atoms with Gasteiger partial charge in [-0.3, -0.25) is 0 Å². The van der Waals surface area contributed by atoms with Gasteiger partial charge in [-0.15, -0.1) is 0 Å². The van der Waals surface area contributed by atoms with Crippen LogP contribution in [0, 0.1) is 6.92 Å². The number of nitrogens with zero attached hydrogens (tertiary/aromatic N) is 1. The highest BCUT2D eigenvalue weighted by Crippen LogP contribution is 2.22. The number of rotatable bonds is 2. The molecule has 3 rings (SSSR count). The van der Waals surface area contributed by atoms with Crippen molar-refractivity contribution in [1.82, 2.24) is 4.90 Å². The molecule has 1 heterocycles. The summed E-state index contributed by atoms with van der Waals surface area (Å²) in [5.74, 6) is 0. The number of quaternary nitrogens is 1. The first kappa shape index (κ1) is 16.0. The Bertz CT molecular complexity index is 671. The van der Waals surface area contributed by atoms with Crippen molar-refractivity contribution < 1.29 is 4.90 Å². The number of aryl methyl sites for hydroxylation is 1. The third-order valence-corrected chi connectivity index (χ3v) is 4.75. The quantitative estimate of drug-likeness (QED) is 0.826. The highest BCUT2D eigenvalue weighted by molar-refractivity contribution is 7.80. The number of nitrogens with one attached hydrogen (secondary N) is 2. The second-order valence-corrected chi connectivity index (χ2v) is 6.72. The van der Waals surface area contributed by atoms with Gasteiger partial charge >= 0.3 is 0 Å². The second kappa shape index (κ2) is 7.11. The van der Waals surface area contributed by atoms with Crippen LogP contribution in [0.25, 0.3) is 0 Å². The molecule has 0 aromatic heterocycles. The van der Waals surface area contributed by atoms with Crippen molar-refractivity contribution in [2.75, 3.05) is 32.0 Å². The summed E-state index contributed by atoms with van der Waals surface area (Å²) in [6.45, 7) is 5.25. The van der Waals surface area contributed by atoms with E-state index in [4.69, 9.17) is 12.2 Å². The molecule has 1 saturated heterocycles. The van der Waals surface area contributed by atoms with E-state index in [1.165, 1.54) is 11.1 Å². The lowest BCUT2D eigenvalue weighted by molar-refractivity contribution is -0.887. The van der Waals surface area contributed by atoms with Gasteiger partial charge in [0.2, 0.25) is 0 Å². The van der Waals surface area contributed by atoms with E-state index in [1.807, 2.05) is 0 Å². The topological polar surface area (TPSA) is 19.7 Å². The molecular formula is C19H24N3S+. The molecule has 2 aromatic rings. The Morgan fingerprint density at radius 1 is 1.17 bits per heavy atom. The van der Waals surface area contributed by atoms with E-state index in [9.17, 15) is 0 Å². The van der Waals surface area contributed by atoms with Crippen molar-refractivity contribution in [3.63, 3.8) is 0 Å². The zero-order valence-electron chi connectivity index (χ0n) is 13.8. The van der Waals surface area contributed by atoms with Gasteiger partial charge in [0.1, 0.15) is 12.6 Å². The molecule has 120 valence electrons. The molecule has 0 saturated carbocycles. The van der Waals surface area contributed by atoms with Crippen molar-refractivity contribution in [1.29, 1.82) is 0 Å². The summed E-state index contributed by atoms with van der Waals surface area (Å²) in [5.41, 5.74) is 3.63. The number of hydrogen-bond donors (Lipinski definition) is 2. The Balaban J connectivity index is 1.79. The molecule has 4 heteroatoms. The van der Waals surface area contributed by atoms with Gasteiger partial charge in [0.25, 0.3) is 0 Å². The number of likely N-dealkylation sites (N-methyl/N-ethyl adjacent to an activating group) is 1. The molecule has 0 amide bonds. The molecule has 2 aromatic carbocycles. The number of piperazine rings is 1. The maximum Gasteiger partial charge on any atom is 0.174 e. The first-order chi connectivity index (χ1) is 11.1. The molecule has 1 aliphatic heterocycles. The minimum absolute atomic E-state index is 0.328. The van der Waals surface area contributed by atoms with Crippen LogP contribution in [0.4, 0.5) is 5.69 Å². The zero-order valence-corrected chi connectivity index (χ0v) is 14.6. The lowest BCUT2D eigenvalue weighted by atomic mass is 10.0. The Morgan fingerprint density at radius 2 is 1.96 bits per heavy atom. The van der Waals surface area contributed by atoms with Crippen LogP contribution in [-0.4, -0.2) is 36.7 Å². The highest BCUT2D eigenvalue weighted by Gasteiger charge is 2.30. The average Bonchev–Trinajstić information content (AvgIpc) is 2.55. The van der Waals surface area contributed by atoms with Crippen LogP contribution in [0.5, 0.6) is 0 Å². The van der Waals surface area contributed by atoms with Crippen molar-refractivity contribution in [3.05, 3.63) is 65.7 Å². The van der Waals surface area contributed by atoms with Gasteiger partial charge in [0.15, 0.2) is 5.11 Å². The van der Waals surface area contributed by atoms with Gasteiger partial charge in [0.05, 0.1) is 20.1 Å². The first-order valence-electron chi connectivity index (χ1n) is 8.14. The molecule has 0 bridgehead atoms. The lowest BCUT2D eigenvalue weighted by Gasteiger charge is -2.39. The largest absolute Gasteiger partial charge is 0.334 e. The fraction of sp³-hybridized carbons (Fsp3) is 0.316. The molecular weight excluding hydrogens is 302 g/mol. The summed E-state index contributed by atoms with van der Waals surface area (Å²) < 4.78 is 0. The summed E-state index contributed by atoms with van der Waals surface area (Å²) in [7, 11) is 2.25. The number of thiocarbonyl (C=S) groups is 1. The van der Waals surface area contributed by atoms with Gasteiger partial charge in [0, 0.05) is 5.69 Å². The number of anilines is 1. The predicted octanol–water partition coefficient (Wildman–Crippen LogP) is 2.26. The van der Waals surface area contributed by atoms with E-state index in [0.717, 1.165) is 30.4 Å². The van der Waals surface area contributed by atoms with Gasteiger partial charge < -0.3 is 15.1 Å². The van der Waals surface area contributed by atoms with Crippen molar-refractivity contribution in [3.8, 4) is 0 Å². The van der Waals surface area contributed by atoms with E-state index < -0.39 is 0 Å². The zero-order chi connectivity index (χ0) is 16.2. The minimum Gasteiger partial charge on any atom is -0.334 e. The third-order valence-electron chi connectivity index (χ3n) is 4.41. The van der Waals surface area contributed by atoms with Crippen LogP contribution in [0.2, 0.25) is 0 Å². The van der Waals surface area contributed by atoms with Crippen LogP contribution in [0.3, 0.4) is 0 Å². The van der Waals surface area contributed by atoms with Gasteiger partial charge in [-0.1, -0.05) is 42.5 Å². The molecule has 2 atom stereocenters. The molecule has 23 heavy (non-hydrogen) atoms. The fourth-order valence-corrected chi connectivity index (χ4v) is 3.48.